The van der Waals surface area contributed by atoms with Gasteiger partial charge < -0.3 is 24.5 Å². The number of para-hydroxylation sites is 1. The first-order chi connectivity index (χ1) is 17.0. The molecule has 2 N–H and O–H groups in total. The fourth-order valence-electron chi connectivity index (χ4n) is 3.47. The number of nitrogens with one attached hydrogen (secondary N) is 2. The van der Waals surface area contributed by atoms with Crippen LogP contribution >= 0.6 is 11.6 Å². The highest BCUT2D eigenvalue weighted by molar-refractivity contribution is 6.32. The lowest BCUT2D eigenvalue weighted by Gasteiger charge is -2.14. The summed E-state index contributed by atoms with van der Waals surface area (Å²) < 4.78 is 15.9. The van der Waals surface area contributed by atoms with Crippen LogP contribution in [0.1, 0.15) is 25.0 Å². The summed E-state index contributed by atoms with van der Waals surface area (Å²) in [7, 11) is 0. The zero-order valence-corrected chi connectivity index (χ0v) is 20.3. The lowest BCUT2D eigenvalue weighted by atomic mass is 10.1. The molecule has 0 unspecified atom stereocenters. The van der Waals surface area contributed by atoms with Gasteiger partial charge in [-0.1, -0.05) is 29.8 Å². The minimum absolute atomic E-state index is 0.0809. The quantitative estimate of drug-likeness (QED) is 0.231. The lowest BCUT2D eigenvalue weighted by Crippen LogP contribution is -2.26. The standard InChI is InChI=1S/C26H26ClN3O5/c1-3-33-23-13-17(12-21(27)25(23)35-16-24(31)34-4-2)11-19(14-28)26(32)29-10-9-18-15-30-22-8-6-5-7-20(18)22/h5-8,11-13,15,30H,3-4,9-10,16H2,1-2H3,(H,29,32)/b19-11-. The fraction of sp³-hybridized carbons (Fsp3) is 0.269. The Bertz CT molecular complexity index is 1280. The Hall–Kier alpha value is -3.96. The van der Waals surface area contributed by atoms with Crippen molar-refractivity contribution in [3.63, 3.8) is 0 Å². The summed E-state index contributed by atoms with van der Waals surface area (Å²) >= 11 is 6.35. The lowest BCUT2D eigenvalue weighted by molar-refractivity contribution is -0.145. The van der Waals surface area contributed by atoms with Crippen LogP contribution in [0.2, 0.25) is 5.02 Å². The molecule has 0 saturated heterocycles. The van der Waals surface area contributed by atoms with E-state index in [1.54, 1.807) is 19.9 Å². The molecule has 0 aliphatic heterocycles. The highest BCUT2D eigenvalue weighted by Gasteiger charge is 2.16. The van der Waals surface area contributed by atoms with Crippen molar-refractivity contribution in [2.24, 2.45) is 0 Å². The molecule has 35 heavy (non-hydrogen) atoms. The molecule has 0 atom stereocenters. The molecule has 8 nitrogen and oxygen atoms in total. The van der Waals surface area contributed by atoms with Crippen LogP contribution in [0.3, 0.4) is 0 Å². The molecule has 0 saturated carbocycles. The Labute approximate surface area is 208 Å². The second kappa shape index (κ2) is 12.5. The van der Waals surface area contributed by atoms with Crippen LogP contribution < -0.4 is 14.8 Å². The van der Waals surface area contributed by atoms with Gasteiger partial charge >= 0.3 is 5.97 Å². The number of aromatic nitrogens is 1. The topological polar surface area (TPSA) is 113 Å². The van der Waals surface area contributed by atoms with Crippen LogP contribution in [-0.4, -0.2) is 43.2 Å². The predicted molar refractivity (Wildman–Crippen MR) is 133 cm³/mol. The van der Waals surface area contributed by atoms with E-state index in [0.29, 0.717) is 25.1 Å². The summed E-state index contributed by atoms with van der Waals surface area (Å²) in [5.41, 5.74) is 2.51. The van der Waals surface area contributed by atoms with Crippen molar-refractivity contribution in [3.05, 3.63) is 64.3 Å². The van der Waals surface area contributed by atoms with Gasteiger partial charge in [0, 0.05) is 23.6 Å². The van der Waals surface area contributed by atoms with E-state index in [4.69, 9.17) is 25.8 Å². The van der Waals surface area contributed by atoms with Gasteiger partial charge in [0.25, 0.3) is 5.91 Å². The molecule has 9 heteroatoms. The Kier molecular flexibility index (Phi) is 9.16. The molecular weight excluding hydrogens is 470 g/mol. The first-order valence-electron chi connectivity index (χ1n) is 11.2. The van der Waals surface area contributed by atoms with Gasteiger partial charge in [-0.25, -0.2) is 4.79 Å². The normalized spacial score (nSPS) is 11.1. The van der Waals surface area contributed by atoms with Gasteiger partial charge in [0.2, 0.25) is 0 Å². The smallest absolute Gasteiger partial charge is 0.344 e. The van der Waals surface area contributed by atoms with Gasteiger partial charge in [0.05, 0.1) is 18.2 Å². The van der Waals surface area contributed by atoms with E-state index in [2.05, 4.69) is 10.3 Å². The third-order valence-electron chi connectivity index (χ3n) is 5.00. The molecule has 1 heterocycles. The number of carbonyl (C=O) groups excluding carboxylic acids is 2. The van der Waals surface area contributed by atoms with Crippen molar-refractivity contribution in [3.8, 4) is 17.6 Å². The Morgan fingerprint density at radius 1 is 1.17 bits per heavy atom. The van der Waals surface area contributed by atoms with E-state index in [0.717, 1.165) is 16.5 Å². The molecule has 182 valence electrons. The number of benzene rings is 2. The minimum atomic E-state index is -0.536. The second-order valence-electron chi connectivity index (χ2n) is 7.39. The minimum Gasteiger partial charge on any atom is -0.490 e. The van der Waals surface area contributed by atoms with Crippen molar-refractivity contribution < 1.29 is 23.8 Å². The number of esters is 1. The van der Waals surface area contributed by atoms with Gasteiger partial charge in [0.15, 0.2) is 18.1 Å². The number of halogens is 1. The number of fused-ring (bicyclic) bond motifs is 1. The molecule has 1 aromatic heterocycles. The van der Waals surface area contributed by atoms with E-state index < -0.39 is 11.9 Å². The number of hydrogen-bond acceptors (Lipinski definition) is 6. The number of amides is 1. The predicted octanol–water partition coefficient (Wildman–Crippen LogP) is 4.43. The van der Waals surface area contributed by atoms with Gasteiger partial charge in [-0.15, -0.1) is 0 Å². The molecular formula is C26H26ClN3O5. The van der Waals surface area contributed by atoms with Crippen LogP contribution in [0.4, 0.5) is 0 Å². The molecule has 3 rings (SSSR count). The molecule has 2 aromatic carbocycles. The van der Waals surface area contributed by atoms with Crippen molar-refractivity contribution in [2.45, 2.75) is 20.3 Å². The molecule has 1 amide bonds. The van der Waals surface area contributed by atoms with Crippen molar-refractivity contribution >= 4 is 40.5 Å². The third-order valence-corrected chi connectivity index (χ3v) is 5.28. The van der Waals surface area contributed by atoms with E-state index in [-0.39, 0.29) is 35.3 Å². The van der Waals surface area contributed by atoms with Crippen LogP contribution in [0.5, 0.6) is 11.5 Å². The molecule has 0 spiro atoms. The van der Waals surface area contributed by atoms with Crippen LogP contribution in [0.25, 0.3) is 17.0 Å². The fourth-order valence-corrected chi connectivity index (χ4v) is 3.74. The highest BCUT2D eigenvalue weighted by Crippen LogP contribution is 2.37. The Morgan fingerprint density at radius 3 is 2.71 bits per heavy atom. The number of ether oxygens (including phenoxy) is 3. The first kappa shape index (κ1) is 25.7. The van der Waals surface area contributed by atoms with E-state index in [9.17, 15) is 14.9 Å². The van der Waals surface area contributed by atoms with Gasteiger partial charge in [-0.05, 0) is 55.7 Å². The summed E-state index contributed by atoms with van der Waals surface area (Å²) in [5.74, 6) is -0.567. The van der Waals surface area contributed by atoms with Gasteiger partial charge in [0.1, 0.15) is 11.6 Å². The van der Waals surface area contributed by atoms with E-state index >= 15 is 0 Å². The number of aromatic amines is 1. The summed E-state index contributed by atoms with van der Waals surface area (Å²) in [4.78, 5) is 27.5. The van der Waals surface area contributed by atoms with Gasteiger partial charge in [-0.2, -0.15) is 5.26 Å². The number of carbonyl (C=O) groups is 2. The number of hydrogen-bond donors (Lipinski definition) is 2. The summed E-state index contributed by atoms with van der Waals surface area (Å²) in [5, 5.41) is 13.6. The maximum Gasteiger partial charge on any atom is 0.344 e. The second-order valence-corrected chi connectivity index (χ2v) is 7.80. The Morgan fingerprint density at radius 2 is 1.97 bits per heavy atom. The maximum atomic E-state index is 12.6. The number of rotatable bonds is 11. The molecule has 0 bridgehead atoms. The largest absolute Gasteiger partial charge is 0.490 e. The van der Waals surface area contributed by atoms with Crippen LogP contribution in [0, 0.1) is 11.3 Å². The number of nitriles is 1. The number of H-pyrrole nitrogens is 1. The van der Waals surface area contributed by atoms with E-state index in [1.807, 2.05) is 36.5 Å². The Balaban J connectivity index is 1.70. The maximum absolute atomic E-state index is 12.6. The average Bonchev–Trinajstić information content (AvgIpc) is 3.25. The zero-order valence-electron chi connectivity index (χ0n) is 19.5. The van der Waals surface area contributed by atoms with Crippen LogP contribution in [0.15, 0.2) is 48.2 Å². The van der Waals surface area contributed by atoms with Gasteiger partial charge in [-0.3, -0.25) is 4.79 Å². The first-order valence-corrected chi connectivity index (χ1v) is 11.5. The van der Waals surface area contributed by atoms with Crippen molar-refractivity contribution in [2.75, 3.05) is 26.4 Å². The summed E-state index contributed by atoms with van der Waals surface area (Å²) in [6, 6.07) is 13.0. The molecule has 0 aliphatic carbocycles. The summed E-state index contributed by atoms with van der Waals surface area (Å²) in [6.45, 7) is 4.07. The van der Waals surface area contributed by atoms with Crippen molar-refractivity contribution in [1.29, 1.82) is 5.26 Å². The molecule has 0 aliphatic rings. The van der Waals surface area contributed by atoms with Crippen molar-refractivity contribution in [1.82, 2.24) is 10.3 Å². The highest BCUT2D eigenvalue weighted by atomic mass is 35.5. The van der Waals surface area contributed by atoms with E-state index in [1.165, 1.54) is 12.1 Å². The average molecular weight is 496 g/mol. The molecule has 0 radical (unpaired) electrons. The zero-order chi connectivity index (χ0) is 25.2. The van der Waals surface area contributed by atoms with Crippen LogP contribution in [-0.2, 0) is 20.7 Å². The number of nitrogens with zero attached hydrogens (tertiary/aromatic N) is 1. The molecule has 0 fully saturated rings. The SMILES string of the molecule is CCOC(=O)COc1c(Cl)cc(/C=C(/C#N)C(=O)NCCc2c[nH]c3ccccc23)cc1OCC. The monoisotopic (exact) mass is 495 g/mol. The third kappa shape index (κ3) is 6.78. The molecule has 3 aromatic rings. The summed E-state index contributed by atoms with van der Waals surface area (Å²) in [6.07, 6.45) is 3.95.